The summed E-state index contributed by atoms with van der Waals surface area (Å²) < 4.78 is 32.5. The monoisotopic (exact) mass is 208 g/mol. The lowest BCUT2D eigenvalue weighted by Crippen LogP contribution is -2.22. The Hall–Kier alpha value is -0.620. The van der Waals surface area contributed by atoms with Crippen LogP contribution in [0, 0.1) is 5.92 Å². The van der Waals surface area contributed by atoms with Crippen molar-refractivity contribution in [2.24, 2.45) is 5.92 Å². The highest BCUT2D eigenvalue weighted by atomic mass is 32.3. The number of hydrogen-bond donors (Lipinski definition) is 1. The summed E-state index contributed by atoms with van der Waals surface area (Å²) in [5, 5.41) is 0. The molecule has 0 aromatic heterocycles. The molecule has 13 heavy (non-hydrogen) atoms. The zero-order valence-electron chi connectivity index (χ0n) is 7.10. The predicted molar refractivity (Wildman–Crippen MR) is 44.2 cm³/mol. The maximum absolute atomic E-state index is 11.1. The Balaban J connectivity index is 2.47. The first-order chi connectivity index (χ1) is 5.99. The van der Waals surface area contributed by atoms with Gasteiger partial charge in [0, 0.05) is 0 Å². The van der Waals surface area contributed by atoms with Crippen molar-refractivity contribution in [3.63, 3.8) is 0 Å². The first-order valence-corrected chi connectivity index (χ1v) is 5.56. The molecule has 5 nitrogen and oxygen atoms in total. The van der Waals surface area contributed by atoms with Crippen molar-refractivity contribution in [1.29, 1.82) is 0 Å². The van der Waals surface area contributed by atoms with E-state index in [1.807, 2.05) is 0 Å². The Kier molecular flexibility index (Phi) is 3.27. The van der Waals surface area contributed by atoms with Crippen molar-refractivity contribution in [2.45, 2.75) is 32.1 Å². The lowest BCUT2D eigenvalue weighted by atomic mass is 9.90. The van der Waals surface area contributed by atoms with Gasteiger partial charge < -0.3 is 4.18 Å². The molecule has 0 amide bonds. The molecule has 1 fully saturated rings. The average molecular weight is 208 g/mol. The van der Waals surface area contributed by atoms with E-state index in [0.29, 0.717) is 12.8 Å². The molecule has 0 aromatic rings. The number of rotatable bonds is 2. The van der Waals surface area contributed by atoms with Gasteiger partial charge in [-0.25, -0.2) is 0 Å². The Bertz CT molecular complexity index is 275. The summed E-state index contributed by atoms with van der Waals surface area (Å²) in [6.45, 7) is 0. The van der Waals surface area contributed by atoms with E-state index in [2.05, 4.69) is 4.18 Å². The molecule has 0 saturated heterocycles. The molecule has 1 N–H and O–H groups in total. The molecule has 1 saturated carbocycles. The fourth-order valence-electron chi connectivity index (χ4n) is 1.51. The Labute approximate surface area is 77.0 Å². The van der Waals surface area contributed by atoms with Gasteiger partial charge in [-0.1, -0.05) is 19.3 Å². The van der Waals surface area contributed by atoms with E-state index in [9.17, 15) is 13.2 Å². The summed E-state index contributed by atoms with van der Waals surface area (Å²) >= 11 is 0. The van der Waals surface area contributed by atoms with Crippen LogP contribution in [0.4, 0.5) is 0 Å². The van der Waals surface area contributed by atoms with Crippen LogP contribution in [0.1, 0.15) is 32.1 Å². The Morgan fingerprint density at radius 2 is 1.77 bits per heavy atom. The number of hydrogen-bond acceptors (Lipinski definition) is 4. The van der Waals surface area contributed by atoms with Crippen LogP contribution in [-0.2, 0) is 19.4 Å². The Morgan fingerprint density at radius 3 is 2.23 bits per heavy atom. The molecule has 0 bridgehead atoms. The molecular weight excluding hydrogens is 196 g/mol. The summed E-state index contributed by atoms with van der Waals surface area (Å²) in [4.78, 5) is 11.1. The van der Waals surface area contributed by atoms with Gasteiger partial charge in [0.15, 0.2) is 0 Å². The second-order valence-corrected chi connectivity index (χ2v) is 4.19. The third-order valence-corrected chi connectivity index (χ3v) is 2.50. The molecule has 76 valence electrons. The summed E-state index contributed by atoms with van der Waals surface area (Å²) in [5.74, 6) is -1.20. The third kappa shape index (κ3) is 3.73. The maximum atomic E-state index is 11.1. The maximum Gasteiger partial charge on any atom is 0.448 e. The van der Waals surface area contributed by atoms with E-state index in [-0.39, 0.29) is 5.92 Å². The highest BCUT2D eigenvalue weighted by molar-refractivity contribution is 7.81. The van der Waals surface area contributed by atoms with Crippen LogP contribution < -0.4 is 0 Å². The van der Waals surface area contributed by atoms with Crippen molar-refractivity contribution in [2.75, 3.05) is 0 Å². The molecule has 0 heterocycles. The van der Waals surface area contributed by atoms with E-state index in [1.54, 1.807) is 0 Å². The third-order valence-electron chi connectivity index (χ3n) is 2.13. The van der Waals surface area contributed by atoms with Gasteiger partial charge in [-0.2, -0.15) is 8.42 Å². The number of carbonyl (C=O) groups is 1. The van der Waals surface area contributed by atoms with Gasteiger partial charge in [-0.3, -0.25) is 9.35 Å². The normalized spacial score (nSPS) is 19.8. The summed E-state index contributed by atoms with van der Waals surface area (Å²) in [6, 6.07) is 0. The smallest absolute Gasteiger partial charge is 0.325 e. The van der Waals surface area contributed by atoms with Gasteiger partial charge in [-0.05, 0) is 12.8 Å². The van der Waals surface area contributed by atoms with Crippen LogP contribution in [0.15, 0.2) is 0 Å². The SMILES string of the molecule is O=C(OS(=O)(=O)O)C1CCCCC1. The van der Waals surface area contributed by atoms with Gasteiger partial charge in [0.1, 0.15) is 0 Å². The van der Waals surface area contributed by atoms with E-state index in [0.717, 1.165) is 19.3 Å². The van der Waals surface area contributed by atoms with E-state index in [1.165, 1.54) is 0 Å². The topological polar surface area (TPSA) is 80.7 Å². The van der Waals surface area contributed by atoms with Crippen LogP contribution in [0.3, 0.4) is 0 Å². The molecule has 0 atom stereocenters. The second kappa shape index (κ2) is 4.06. The van der Waals surface area contributed by atoms with Gasteiger partial charge in [0.2, 0.25) is 0 Å². The molecule has 0 spiro atoms. The first-order valence-electron chi connectivity index (χ1n) is 4.20. The van der Waals surface area contributed by atoms with Crippen molar-refractivity contribution in [3.8, 4) is 0 Å². The first kappa shape index (κ1) is 10.5. The largest absolute Gasteiger partial charge is 0.448 e. The zero-order chi connectivity index (χ0) is 9.90. The summed E-state index contributed by atoms with van der Waals surface area (Å²) in [5.41, 5.74) is 0. The average Bonchev–Trinajstić information content (AvgIpc) is 2.03. The minimum absolute atomic E-state index is 0.365. The fourth-order valence-corrected chi connectivity index (χ4v) is 1.85. The zero-order valence-corrected chi connectivity index (χ0v) is 7.92. The minimum atomic E-state index is -4.62. The molecule has 0 aliphatic heterocycles. The lowest BCUT2D eigenvalue weighted by Gasteiger charge is -2.18. The minimum Gasteiger partial charge on any atom is -0.325 e. The number of carbonyl (C=O) groups excluding carboxylic acids is 1. The van der Waals surface area contributed by atoms with E-state index >= 15 is 0 Å². The summed E-state index contributed by atoms with van der Waals surface area (Å²) in [6.07, 6.45) is 4.18. The van der Waals surface area contributed by atoms with E-state index in [4.69, 9.17) is 4.55 Å². The van der Waals surface area contributed by atoms with Crippen LogP contribution in [-0.4, -0.2) is 18.9 Å². The van der Waals surface area contributed by atoms with Crippen molar-refractivity contribution in [3.05, 3.63) is 0 Å². The van der Waals surface area contributed by atoms with Gasteiger partial charge >= 0.3 is 16.4 Å². The van der Waals surface area contributed by atoms with Crippen LogP contribution in [0.5, 0.6) is 0 Å². The van der Waals surface area contributed by atoms with Crippen molar-refractivity contribution < 1.29 is 21.9 Å². The summed E-state index contributed by atoms with van der Waals surface area (Å²) in [7, 11) is -4.62. The predicted octanol–water partition coefficient (Wildman–Crippen LogP) is 0.913. The van der Waals surface area contributed by atoms with Gasteiger partial charge in [0.05, 0.1) is 5.92 Å². The molecule has 1 aliphatic carbocycles. The van der Waals surface area contributed by atoms with Crippen LogP contribution in [0.25, 0.3) is 0 Å². The molecule has 0 unspecified atom stereocenters. The Morgan fingerprint density at radius 1 is 1.23 bits per heavy atom. The second-order valence-electron chi connectivity index (χ2n) is 3.17. The highest BCUT2D eigenvalue weighted by Crippen LogP contribution is 2.24. The van der Waals surface area contributed by atoms with Gasteiger partial charge in [0.25, 0.3) is 0 Å². The highest BCUT2D eigenvalue weighted by Gasteiger charge is 2.25. The van der Waals surface area contributed by atoms with Crippen molar-refractivity contribution >= 4 is 16.4 Å². The fraction of sp³-hybridized carbons (Fsp3) is 0.857. The van der Waals surface area contributed by atoms with Crippen LogP contribution in [0.2, 0.25) is 0 Å². The molecule has 1 rings (SSSR count). The molecular formula is C7H12O5S. The van der Waals surface area contributed by atoms with Crippen LogP contribution >= 0.6 is 0 Å². The van der Waals surface area contributed by atoms with Crippen molar-refractivity contribution in [1.82, 2.24) is 0 Å². The van der Waals surface area contributed by atoms with E-state index < -0.39 is 16.4 Å². The quantitative estimate of drug-likeness (QED) is 0.682. The molecule has 0 aromatic carbocycles. The molecule has 1 aliphatic rings. The molecule has 0 radical (unpaired) electrons. The van der Waals surface area contributed by atoms with Gasteiger partial charge in [-0.15, -0.1) is 0 Å². The lowest BCUT2D eigenvalue weighted by molar-refractivity contribution is -0.139. The molecule has 6 heteroatoms. The standard InChI is InChI=1S/C7H12O5S/c8-7(12-13(9,10)11)6-4-2-1-3-5-6/h6H,1-5H2,(H,9,10,11).